The van der Waals surface area contributed by atoms with Crippen LogP contribution in [-0.2, 0) is 10.0 Å². The van der Waals surface area contributed by atoms with Crippen LogP contribution in [0.3, 0.4) is 0 Å². The van der Waals surface area contributed by atoms with Crippen LogP contribution in [0.4, 0.5) is 17.1 Å². The van der Waals surface area contributed by atoms with Gasteiger partial charge in [-0.15, -0.1) is 0 Å². The maximum absolute atomic E-state index is 11.2. The summed E-state index contributed by atoms with van der Waals surface area (Å²) in [5, 5.41) is 3.24. The molecule has 2 heterocycles. The third-order valence-corrected chi connectivity index (χ3v) is 3.82. The number of nitrogens with one attached hydrogen (secondary N) is 2. The van der Waals surface area contributed by atoms with E-state index < -0.39 is 10.0 Å². The van der Waals surface area contributed by atoms with Crippen LogP contribution in [0.2, 0.25) is 0 Å². The fourth-order valence-electron chi connectivity index (χ4n) is 2.21. The molecule has 3 aromatic rings. The van der Waals surface area contributed by atoms with Crippen molar-refractivity contribution in [3.05, 3.63) is 67.3 Å². The van der Waals surface area contributed by atoms with Gasteiger partial charge in [-0.1, -0.05) is 12.1 Å². The van der Waals surface area contributed by atoms with Crippen molar-refractivity contribution in [1.29, 1.82) is 0 Å². The first-order valence-corrected chi connectivity index (χ1v) is 9.09. The molecule has 0 amide bonds. The first kappa shape index (κ1) is 15.9. The van der Waals surface area contributed by atoms with E-state index in [9.17, 15) is 8.42 Å². The molecule has 0 saturated heterocycles. The molecule has 0 atom stereocenters. The fourth-order valence-corrected chi connectivity index (χ4v) is 2.78. The van der Waals surface area contributed by atoms with Gasteiger partial charge in [0.15, 0.2) is 0 Å². The minimum Gasteiger partial charge on any atom is -0.353 e. The van der Waals surface area contributed by atoms with Gasteiger partial charge in [-0.25, -0.2) is 8.42 Å². The highest BCUT2D eigenvalue weighted by atomic mass is 32.2. The number of aromatic nitrogens is 2. The van der Waals surface area contributed by atoms with E-state index in [1.54, 1.807) is 36.9 Å². The van der Waals surface area contributed by atoms with Crippen molar-refractivity contribution in [2.75, 3.05) is 16.3 Å². The highest BCUT2D eigenvalue weighted by molar-refractivity contribution is 7.92. The second-order valence-electron chi connectivity index (χ2n) is 5.28. The van der Waals surface area contributed by atoms with Crippen LogP contribution in [0, 0.1) is 0 Å². The van der Waals surface area contributed by atoms with Crippen LogP contribution >= 0.6 is 0 Å². The Labute approximate surface area is 140 Å². The van der Waals surface area contributed by atoms with E-state index in [0.29, 0.717) is 5.69 Å². The maximum Gasteiger partial charge on any atom is 0.229 e. The number of benzene rings is 1. The Hall–Kier alpha value is -2.93. The standard InChI is InChI=1S/C17H16N4O2S/c1-24(22,23)21-15-6-4-13(5-7-15)14-9-17(12-19-10-14)20-16-3-2-8-18-11-16/h2-12,20-21H,1H3. The Morgan fingerprint density at radius 2 is 1.58 bits per heavy atom. The molecule has 0 bridgehead atoms. The number of nitrogens with zero attached hydrogens (tertiary/aromatic N) is 2. The van der Waals surface area contributed by atoms with Crippen molar-refractivity contribution in [3.8, 4) is 11.1 Å². The topological polar surface area (TPSA) is 84.0 Å². The molecule has 0 saturated carbocycles. The van der Waals surface area contributed by atoms with Gasteiger partial charge >= 0.3 is 0 Å². The summed E-state index contributed by atoms with van der Waals surface area (Å²) in [4.78, 5) is 8.31. The molecule has 0 spiro atoms. The van der Waals surface area contributed by atoms with Crippen LogP contribution in [0.5, 0.6) is 0 Å². The Morgan fingerprint density at radius 1 is 0.833 bits per heavy atom. The van der Waals surface area contributed by atoms with Gasteiger partial charge in [-0.05, 0) is 35.9 Å². The molecular weight excluding hydrogens is 324 g/mol. The minimum absolute atomic E-state index is 0.527. The molecule has 0 aliphatic carbocycles. The SMILES string of the molecule is CS(=O)(=O)Nc1ccc(-c2cncc(Nc3cccnc3)c2)cc1. The lowest BCUT2D eigenvalue weighted by Crippen LogP contribution is -2.09. The largest absolute Gasteiger partial charge is 0.353 e. The van der Waals surface area contributed by atoms with Gasteiger partial charge in [0.2, 0.25) is 10.0 Å². The molecule has 2 N–H and O–H groups in total. The van der Waals surface area contributed by atoms with Gasteiger partial charge in [0, 0.05) is 23.6 Å². The molecule has 7 heteroatoms. The molecular formula is C17H16N4O2S. The van der Waals surface area contributed by atoms with E-state index in [1.807, 2.05) is 30.3 Å². The number of sulfonamides is 1. The lowest BCUT2D eigenvalue weighted by atomic mass is 10.1. The maximum atomic E-state index is 11.2. The molecule has 122 valence electrons. The van der Waals surface area contributed by atoms with Crippen molar-refractivity contribution < 1.29 is 8.42 Å². The Balaban J connectivity index is 1.81. The summed E-state index contributed by atoms with van der Waals surface area (Å²) in [7, 11) is -3.27. The van der Waals surface area contributed by atoms with E-state index in [-0.39, 0.29) is 0 Å². The van der Waals surface area contributed by atoms with Gasteiger partial charge in [0.1, 0.15) is 0 Å². The Morgan fingerprint density at radius 3 is 2.25 bits per heavy atom. The predicted molar refractivity (Wildman–Crippen MR) is 95.7 cm³/mol. The van der Waals surface area contributed by atoms with Gasteiger partial charge in [-0.3, -0.25) is 14.7 Å². The second kappa shape index (κ2) is 6.67. The number of pyridine rings is 2. The molecule has 6 nitrogen and oxygen atoms in total. The zero-order valence-corrected chi connectivity index (χ0v) is 13.8. The van der Waals surface area contributed by atoms with Gasteiger partial charge in [-0.2, -0.15) is 0 Å². The van der Waals surface area contributed by atoms with Crippen LogP contribution in [0.15, 0.2) is 67.3 Å². The third kappa shape index (κ3) is 4.30. The van der Waals surface area contributed by atoms with E-state index in [0.717, 1.165) is 28.8 Å². The van der Waals surface area contributed by atoms with Crippen LogP contribution in [0.25, 0.3) is 11.1 Å². The summed E-state index contributed by atoms with van der Waals surface area (Å²) >= 11 is 0. The normalized spacial score (nSPS) is 11.0. The number of hydrogen-bond acceptors (Lipinski definition) is 5. The highest BCUT2D eigenvalue weighted by Gasteiger charge is 2.04. The van der Waals surface area contributed by atoms with Crippen molar-refractivity contribution in [1.82, 2.24) is 9.97 Å². The monoisotopic (exact) mass is 340 g/mol. The smallest absolute Gasteiger partial charge is 0.229 e. The van der Waals surface area contributed by atoms with Crippen LogP contribution in [-0.4, -0.2) is 24.6 Å². The summed E-state index contributed by atoms with van der Waals surface area (Å²) in [6.45, 7) is 0. The summed E-state index contributed by atoms with van der Waals surface area (Å²) in [5.41, 5.74) is 4.12. The zero-order valence-electron chi connectivity index (χ0n) is 13.0. The van der Waals surface area contributed by atoms with Crippen molar-refractivity contribution >= 4 is 27.1 Å². The number of rotatable bonds is 5. The van der Waals surface area contributed by atoms with E-state index in [1.165, 1.54) is 0 Å². The molecule has 2 aromatic heterocycles. The average molecular weight is 340 g/mol. The quantitative estimate of drug-likeness (QED) is 0.745. The molecule has 3 rings (SSSR count). The van der Waals surface area contributed by atoms with E-state index >= 15 is 0 Å². The molecule has 0 unspecified atom stereocenters. The van der Waals surface area contributed by atoms with Gasteiger partial charge in [0.05, 0.1) is 30.0 Å². The van der Waals surface area contributed by atoms with Gasteiger partial charge in [0.25, 0.3) is 0 Å². The van der Waals surface area contributed by atoms with Crippen LogP contribution in [0.1, 0.15) is 0 Å². The lowest BCUT2D eigenvalue weighted by Gasteiger charge is -2.09. The first-order chi connectivity index (χ1) is 11.5. The fraction of sp³-hybridized carbons (Fsp3) is 0.0588. The minimum atomic E-state index is -3.27. The van der Waals surface area contributed by atoms with Gasteiger partial charge < -0.3 is 5.32 Å². The summed E-state index contributed by atoms with van der Waals surface area (Å²) < 4.78 is 24.9. The predicted octanol–water partition coefficient (Wildman–Crippen LogP) is 3.26. The molecule has 0 aliphatic heterocycles. The second-order valence-corrected chi connectivity index (χ2v) is 7.03. The Kier molecular flexibility index (Phi) is 4.43. The molecule has 24 heavy (non-hydrogen) atoms. The number of anilines is 3. The number of hydrogen-bond donors (Lipinski definition) is 2. The Bertz CT molecular complexity index is 926. The molecule has 0 radical (unpaired) electrons. The molecule has 1 aromatic carbocycles. The average Bonchev–Trinajstić information content (AvgIpc) is 2.55. The van der Waals surface area contributed by atoms with Crippen molar-refractivity contribution in [2.45, 2.75) is 0 Å². The molecule has 0 fully saturated rings. The van der Waals surface area contributed by atoms with Crippen LogP contribution < -0.4 is 10.0 Å². The third-order valence-electron chi connectivity index (χ3n) is 3.21. The zero-order chi connectivity index (χ0) is 17.0. The lowest BCUT2D eigenvalue weighted by molar-refractivity contribution is 0.607. The van der Waals surface area contributed by atoms with Crippen molar-refractivity contribution in [3.63, 3.8) is 0 Å². The van der Waals surface area contributed by atoms with E-state index in [4.69, 9.17) is 0 Å². The van der Waals surface area contributed by atoms with Crippen molar-refractivity contribution in [2.24, 2.45) is 0 Å². The highest BCUT2D eigenvalue weighted by Crippen LogP contribution is 2.24. The molecule has 0 aliphatic rings. The summed E-state index contributed by atoms with van der Waals surface area (Å²) in [6.07, 6.45) is 8.06. The summed E-state index contributed by atoms with van der Waals surface area (Å²) in [6, 6.07) is 12.9. The van der Waals surface area contributed by atoms with E-state index in [2.05, 4.69) is 20.0 Å². The summed E-state index contributed by atoms with van der Waals surface area (Å²) in [5.74, 6) is 0. The first-order valence-electron chi connectivity index (χ1n) is 7.20.